The molecule has 0 fully saturated rings. The second-order valence-electron chi connectivity index (χ2n) is 4.25. The summed E-state index contributed by atoms with van der Waals surface area (Å²) in [6, 6.07) is 11.6. The van der Waals surface area contributed by atoms with Gasteiger partial charge in [0.25, 0.3) is 0 Å². The van der Waals surface area contributed by atoms with Crippen LogP contribution < -0.4 is 4.74 Å². The van der Waals surface area contributed by atoms with Crippen molar-refractivity contribution in [3.8, 4) is 11.4 Å². The number of aromatic nitrogens is 2. The summed E-state index contributed by atoms with van der Waals surface area (Å²) < 4.78 is 7.15. The fourth-order valence-corrected chi connectivity index (χ4v) is 2.21. The second-order valence-corrected chi connectivity index (χ2v) is 4.25. The van der Waals surface area contributed by atoms with E-state index < -0.39 is 0 Å². The lowest BCUT2D eigenvalue weighted by molar-refractivity contribution is 0.280. The fraction of sp³-hybridized carbons (Fsp3) is 0.133. The van der Waals surface area contributed by atoms with Gasteiger partial charge in [0.15, 0.2) is 0 Å². The summed E-state index contributed by atoms with van der Waals surface area (Å²) in [6.07, 6.45) is 3.72. The van der Waals surface area contributed by atoms with Crippen molar-refractivity contribution >= 4 is 11.0 Å². The average Bonchev–Trinajstić information content (AvgIpc) is 2.90. The van der Waals surface area contributed by atoms with E-state index in [1.807, 2.05) is 47.2 Å². The number of hydrogen-bond acceptors (Lipinski definition) is 3. The number of nitrogens with zero attached hydrogens (tertiary/aromatic N) is 2. The van der Waals surface area contributed by atoms with Crippen molar-refractivity contribution in [3.63, 3.8) is 0 Å². The lowest BCUT2D eigenvalue weighted by atomic mass is 10.1. The van der Waals surface area contributed by atoms with Crippen LogP contribution in [0.15, 0.2) is 48.8 Å². The topological polar surface area (TPSA) is 47.3 Å². The lowest BCUT2D eigenvalue weighted by Crippen LogP contribution is -2.00. The fourth-order valence-electron chi connectivity index (χ4n) is 2.21. The molecule has 19 heavy (non-hydrogen) atoms. The molecule has 2 heterocycles. The maximum absolute atomic E-state index is 9.52. The van der Waals surface area contributed by atoms with Gasteiger partial charge in [0.2, 0.25) is 0 Å². The summed E-state index contributed by atoms with van der Waals surface area (Å²) >= 11 is 0. The van der Waals surface area contributed by atoms with Crippen LogP contribution in [0.2, 0.25) is 0 Å². The standard InChI is InChI=1S/C15H14N2O2/c1-19-13-4-5-14(12(9-13)10-18)17-8-6-11-3-2-7-16-15(11)17/h2-9,18H,10H2,1H3. The Labute approximate surface area is 110 Å². The molecule has 3 rings (SSSR count). The Morgan fingerprint density at radius 2 is 2.16 bits per heavy atom. The van der Waals surface area contributed by atoms with E-state index in [4.69, 9.17) is 4.74 Å². The van der Waals surface area contributed by atoms with Crippen LogP contribution in [0.1, 0.15) is 5.56 Å². The molecule has 0 bridgehead atoms. The number of hydrogen-bond donors (Lipinski definition) is 1. The zero-order valence-electron chi connectivity index (χ0n) is 10.6. The molecule has 4 heteroatoms. The Morgan fingerprint density at radius 3 is 2.95 bits per heavy atom. The highest BCUT2D eigenvalue weighted by Gasteiger charge is 2.09. The number of fused-ring (bicyclic) bond motifs is 1. The van der Waals surface area contributed by atoms with Crippen molar-refractivity contribution in [1.29, 1.82) is 0 Å². The minimum atomic E-state index is -0.0426. The summed E-state index contributed by atoms with van der Waals surface area (Å²) in [7, 11) is 1.61. The highest BCUT2D eigenvalue weighted by molar-refractivity contribution is 5.78. The predicted molar refractivity (Wildman–Crippen MR) is 73.5 cm³/mol. The number of aliphatic hydroxyl groups is 1. The van der Waals surface area contributed by atoms with E-state index in [9.17, 15) is 5.11 Å². The van der Waals surface area contributed by atoms with Gasteiger partial charge in [-0.1, -0.05) is 0 Å². The van der Waals surface area contributed by atoms with Gasteiger partial charge in [0.1, 0.15) is 11.4 Å². The average molecular weight is 254 g/mol. The molecule has 0 spiro atoms. The van der Waals surface area contributed by atoms with Gasteiger partial charge < -0.3 is 14.4 Å². The van der Waals surface area contributed by atoms with Gasteiger partial charge in [-0.3, -0.25) is 0 Å². The van der Waals surface area contributed by atoms with E-state index in [0.29, 0.717) is 0 Å². The van der Waals surface area contributed by atoms with Crippen LogP contribution in [0.3, 0.4) is 0 Å². The molecule has 2 aromatic heterocycles. The first kappa shape index (κ1) is 11.7. The number of pyridine rings is 1. The van der Waals surface area contributed by atoms with Gasteiger partial charge in [0.05, 0.1) is 19.4 Å². The lowest BCUT2D eigenvalue weighted by Gasteiger charge is -2.11. The molecule has 3 aromatic rings. The molecule has 96 valence electrons. The van der Waals surface area contributed by atoms with Crippen LogP contribution in [-0.4, -0.2) is 21.8 Å². The zero-order chi connectivity index (χ0) is 13.2. The largest absolute Gasteiger partial charge is 0.497 e. The molecule has 0 aliphatic carbocycles. The van der Waals surface area contributed by atoms with Crippen molar-refractivity contribution < 1.29 is 9.84 Å². The maximum atomic E-state index is 9.52. The quantitative estimate of drug-likeness (QED) is 0.781. The van der Waals surface area contributed by atoms with E-state index in [-0.39, 0.29) is 6.61 Å². The van der Waals surface area contributed by atoms with Gasteiger partial charge in [-0.05, 0) is 36.4 Å². The smallest absolute Gasteiger partial charge is 0.144 e. The molecular weight excluding hydrogens is 240 g/mol. The zero-order valence-corrected chi connectivity index (χ0v) is 10.6. The van der Waals surface area contributed by atoms with Crippen molar-refractivity contribution in [1.82, 2.24) is 9.55 Å². The Morgan fingerprint density at radius 1 is 1.26 bits per heavy atom. The number of methoxy groups -OCH3 is 1. The number of ether oxygens (including phenoxy) is 1. The molecule has 0 saturated carbocycles. The summed E-state index contributed by atoms with van der Waals surface area (Å²) in [6.45, 7) is -0.0426. The molecule has 0 atom stereocenters. The van der Waals surface area contributed by atoms with Gasteiger partial charge in [-0.25, -0.2) is 4.98 Å². The van der Waals surface area contributed by atoms with Crippen LogP contribution in [0.5, 0.6) is 5.75 Å². The van der Waals surface area contributed by atoms with Crippen molar-refractivity contribution in [2.75, 3.05) is 7.11 Å². The Hall–Kier alpha value is -2.33. The molecule has 1 aromatic carbocycles. The monoisotopic (exact) mass is 254 g/mol. The number of rotatable bonds is 3. The molecule has 0 amide bonds. The summed E-state index contributed by atoms with van der Waals surface area (Å²) in [5.41, 5.74) is 2.60. The third kappa shape index (κ3) is 1.96. The minimum Gasteiger partial charge on any atom is -0.497 e. The Bertz CT molecular complexity index is 719. The molecule has 0 aliphatic heterocycles. The van der Waals surface area contributed by atoms with E-state index in [2.05, 4.69) is 4.98 Å². The van der Waals surface area contributed by atoms with Crippen LogP contribution in [0.4, 0.5) is 0 Å². The van der Waals surface area contributed by atoms with Gasteiger partial charge in [-0.2, -0.15) is 0 Å². The molecule has 0 aliphatic rings. The Kier molecular flexibility index (Phi) is 2.93. The highest BCUT2D eigenvalue weighted by atomic mass is 16.5. The van der Waals surface area contributed by atoms with E-state index in [1.165, 1.54) is 0 Å². The van der Waals surface area contributed by atoms with Crippen molar-refractivity contribution in [2.24, 2.45) is 0 Å². The number of aliphatic hydroxyl groups excluding tert-OH is 1. The van der Waals surface area contributed by atoms with E-state index in [1.54, 1.807) is 13.3 Å². The molecule has 0 saturated heterocycles. The third-order valence-electron chi connectivity index (χ3n) is 3.16. The van der Waals surface area contributed by atoms with E-state index >= 15 is 0 Å². The predicted octanol–water partition coefficient (Wildman–Crippen LogP) is 2.53. The van der Waals surface area contributed by atoms with Crippen molar-refractivity contribution in [2.45, 2.75) is 6.61 Å². The first-order valence-corrected chi connectivity index (χ1v) is 6.03. The molecule has 0 radical (unpaired) electrons. The third-order valence-corrected chi connectivity index (χ3v) is 3.16. The minimum absolute atomic E-state index is 0.0426. The number of benzene rings is 1. The van der Waals surface area contributed by atoms with Crippen LogP contribution in [0.25, 0.3) is 16.7 Å². The van der Waals surface area contributed by atoms with Crippen LogP contribution in [-0.2, 0) is 6.61 Å². The SMILES string of the molecule is COc1ccc(-n2ccc3cccnc32)c(CO)c1. The van der Waals surface area contributed by atoms with Crippen molar-refractivity contribution in [3.05, 3.63) is 54.4 Å². The molecule has 4 nitrogen and oxygen atoms in total. The highest BCUT2D eigenvalue weighted by Crippen LogP contribution is 2.24. The van der Waals surface area contributed by atoms with E-state index in [0.717, 1.165) is 28.0 Å². The van der Waals surface area contributed by atoms with Crippen LogP contribution >= 0.6 is 0 Å². The molecule has 0 unspecified atom stereocenters. The first-order valence-electron chi connectivity index (χ1n) is 6.03. The summed E-state index contributed by atoms with van der Waals surface area (Å²) in [4.78, 5) is 4.39. The summed E-state index contributed by atoms with van der Waals surface area (Å²) in [5, 5.41) is 10.6. The van der Waals surface area contributed by atoms with Gasteiger partial charge in [-0.15, -0.1) is 0 Å². The Balaban J connectivity index is 2.21. The van der Waals surface area contributed by atoms with Gasteiger partial charge in [0, 0.05) is 23.3 Å². The maximum Gasteiger partial charge on any atom is 0.144 e. The second kappa shape index (κ2) is 4.74. The molecule has 1 N–H and O–H groups in total. The molecular formula is C15H14N2O2. The first-order chi connectivity index (χ1) is 9.33. The normalized spacial score (nSPS) is 10.8. The van der Waals surface area contributed by atoms with Crippen LogP contribution in [0, 0.1) is 0 Å². The summed E-state index contributed by atoms with van der Waals surface area (Å²) in [5.74, 6) is 0.734. The van der Waals surface area contributed by atoms with Gasteiger partial charge >= 0.3 is 0 Å².